The second-order valence-corrected chi connectivity index (χ2v) is 5.30. The van der Waals surface area contributed by atoms with Crippen LogP contribution in [0.5, 0.6) is 0 Å². The molecule has 1 atom stereocenters. The Kier molecular flexibility index (Phi) is 6.76. The Morgan fingerprint density at radius 2 is 1.80 bits per heavy atom. The van der Waals surface area contributed by atoms with Gasteiger partial charge in [-0.05, 0) is 37.1 Å². The van der Waals surface area contributed by atoms with Crippen LogP contribution in [0, 0.1) is 0 Å². The first-order valence-corrected chi connectivity index (χ1v) is 5.93. The molecule has 0 radical (unpaired) electrons. The van der Waals surface area contributed by atoms with E-state index in [0.717, 1.165) is 26.5 Å². The molecule has 0 amide bonds. The van der Waals surface area contributed by atoms with Crippen LogP contribution < -0.4 is 5.73 Å². The highest BCUT2D eigenvalue weighted by Crippen LogP contribution is 2.25. The standard InChI is InChI=1S/C11H13Br2N.ClH/c1-7(2)3-11(14)8-4-9(12)6-10(13)5-8;/h4-6,11H,1,3,14H2,2H3;1H/t11-;/m0./s1. The lowest BCUT2D eigenvalue weighted by molar-refractivity contribution is 0.716. The number of nitrogens with two attached hydrogens (primary N) is 1. The normalized spacial score (nSPS) is 11.7. The summed E-state index contributed by atoms with van der Waals surface area (Å²) in [5.41, 5.74) is 8.26. The molecule has 0 bridgehead atoms. The van der Waals surface area contributed by atoms with Gasteiger partial charge in [-0.3, -0.25) is 0 Å². The van der Waals surface area contributed by atoms with Crippen LogP contribution in [0.25, 0.3) is 0 Å². The van der Waals surface area contributed by atoms with Crippen molar-refractivity contribution in [2.45, 2.75) is 19.4 Å². The van der Waals surface area contributed by atoms with Crippen LogP contribution in [0.4, 0.5) is 0 Å². The van der Waals surface area contributed by atoms with Crippen molar-refractivity contribution in [2.75, 3.05) is 0 Å². The summed E-state index contributed by atoms with van der Waals surface area (Å²) >= 11 is 6.88. The van der Waals surface area contributed by atoms with E-state index in [9.17, 15) is 0 Å². The van der Waals surface area contributed by atoms with Gasteiger partial charge in [-0.2, -0.15) is 0 Å². The Balaban J connectivity index is 0.00000196. The van der Waals surface area contributed by atoms with Gasteiger partial charge in [0.05, 0.1) is 0 Å². The highest BCUT2D eigenvalue weighted by Gasteiger charge is 2.07. The summed E-state index contributed by atoms with van der Waals surface area (Å²) < 4.78 is 2.08. The van der Waals surface area contributed by atoms with Gasteiger partial charge < -0.3 is 5.73 Å². The lowest BCUT2D eigenvalue weighted by atomic mass is 10.0. The van der Waals surface area contributed by atoms with Crippen molar-refractivity contribution in [2.24, 2.45) is 5.73 Å². The minimum Gasteiger partial charge on any atom is -0.324 e. The largest absolute Gasteiger partial charge is 0.324 e. The molecule has 0 aliphatic heterocycles. The number of rotatable bonds is 3. The van der Waals surface area contributed by atoms with Crippen LogP contribution in [0.3, 0.4) is 0 Å². The zero-order valence-electron chi connectivity index (χ0n) is 8.47. The highest BCUT2D eigenvalue weighted by atomic mass is 79.9. The zero-order chi connectivity index (χ0) is 10.7. The number of hydrogen-bond donors (Lipinski definition) is 1. The van der Waals surface area contributed by atoms with Gasteiger partial charge >= 0.3 is 0 Å². The Morgan fingerprint density at radius 1 is 1.33 bits per heavy atom. The van der Waals surface area contributed by atoms with E-state index < -0.39 is 0 Å². The van der Waals surface area contributed by atoms with E-state index in [4.69, 9.17) is 5.73 Å². The van der Waals surface area contributed by atoms with Gasteiger partial charge in [-0.25, -0.2) is 0 Å². The maximum absolute atomic E-state index is 6.03. The number of hydrogen-bond acceptors (Lipinski definition) is 1. The first-order chi connectivity index (χ1) is 6.49. The summed E-state index contributed by atoms with van der Waals surface area (Å²) in [6.07, 6.45) is 0.822. The number of halogens is 3. The van der Waals surface area contributed by atoms with Crippen molar-refractivity contribution < 1.29 is 0 Å². The van der Waals surface area contributed by atoms with E-state index in [0.29, 0.717) is 0 Å². The average Bonchev–Trinajstić information content (AvgIpc) is 2.00. The van der Waals surface area contributed by atoms with E-state index >= 15 is 0 Å². The quantitative estimate of drug-likeness (QED) is 0.788. The summed E-state index contributed by atoms with van der Waals surface area (Å²) in [6.45, 7) is 5.85. The van der Waals surface area contributed by atoms with Crippen LogP contribution in [0.15, 0.2) is 39.3 Å². The van der Waals surface area contributed by atoms with Crippen LogP contribution in [-0.4, -0.2) is 0 Å². The fourth-order valence-corrected chi connectivity index (χ4v) is 2.61. The van der Waals surface area contributed by atoms with Crippen molar-refractivity contribution in [3.05, 3.63) is 44.9 Å². The highest BCUT2D eigenvalue weighted by molar-refractivity contribution is 9.11. The molecule has 1 aromatic carbocycles. The zero-order valence-corrected chi connectivity index (χ0v) is 12.5. The van der Waals surface area contributed by atoms with E-state index in [1.54, 1.807) is 0 Å². The molecule has 0 unspecified atom stereocenters. The minimum absolute atomic E-state index is 0. The molecular weight excluding hydrogens is 341 g/mol. The molecule has 15 heavy (non-hydrogen) atoms. The van der Waals surface area contributed by atoms with Crippen molar-refractivity contribution in [3.63, 3.8) is 0 Å². The van der Waals surface area contributed by atoms with E-state index in [2.05, 4.69) is 38.4 Å². The SMILES string of the molecule is C=C(C)C[C@H](N)c1cc(Br)cc(Br)c1.Cl. The van der Waals surface area contributed by atoms with Gasteiger partial charge in [0.1, 0.15) is 0 Å². The van der Waals surface area contributed by atoms with Crippen molar-refractivity contribution >= 4 is 44.3 Å². The van der Waals surface area contributed by atoms with Gasteiger partial charge in [-0.15, -0.1) is 19.0 Å². The Bertz CT molecular complexity index is 332. The minimum atomic E-state index is 0. The molecule has 0 fully saturated rings. The molecule has 0 aromatic heterocycles. The van der Waals surface area contributed by atoms with Crippen LogP contribution >= 0.6 is 44.3 Å². The van der Waals surface area contributed by atoms with Gasteiger partial charge in [-0.1, -0.05) is 37.4 Å². The molecule has 4 heteroatoms. The number of benzene rings is 1. The predicted octanol–water partition coefficient (Wildman–Crippen LogP) is 4.60. The lowest BCUT2D eigenvalue weighted by Gasteiger charge is -2.12. The summed E-state index contributed by atoms with van der Waals surface area (Å²) in [4.78, 5) is 0. The Hall–Kier alpha value is 0.170. The smallest absolute Gasteiger partial charge is 0.0333 e. The van der Waals surface area contributed by atoms with Crippen molar-refractivity contribution in [1.29, 1.82) is 0 Å². The maximum Gasteiger partial charge on any atom is 0.0333 e. The fraction of sp³-hybridized carbons (Fsp3) is 0.273. The average molecular weight is 356 g/mol. The molecule has 0 spiro atoms. The Labute approximate surface area is 114 Å². The molecule has 1 nitrogen and oxygen atoms in total. The molecule has 1 rings (SSSR count). The molecule has 0 saturated heterocycles. The van der Waals surface area contributed by atoms with E-state index in [1.807, 2.05) is 25.1 Å². The molecule has 0 aliphatic rings. The van der Waals surface area contributed by atoms with E-state index in [1.165, 1.54) is 0 Å². The molecule has 1 aromatic rings. The fourth-order valence-electron chi connectivity index (χ4n) is 1.28. The van der Waals surface area contributed by atoms with Crippen LogP contribution in [-0.2, 0) is 0 Å². The van der Waals surface area contributed by atoms with Gasteiger partial charge in [0.15, 0.2) is 0 Å². The third-order valence-corrected chi connectivity index (χ3v) is 2.80. The molecular formula is C11H14Br2ClN. The van der Waals surface area contributed by atoms with E-state index in [-0.39, 0.29) is 18.4 Å². The van der Waals surface area contributed by atoms with Crippen molar-refractivity contribution in [3.8, 4) is 0 Å². The predicted molar refractivity (Wildman–Crippen MR) is 75.4 cm³/mol. The molecule has 2 N–H and O–H groups in total. The Morgan fingerprint density at radius 3 is 2.20 bits per heavy atom. The third kappa shape index (κ3) is 5.16. The first kappa shape index (κ1) is 15.2. The van der Waals surface area contributed by atoms with Gasteiger partial charge in [0.25, 0.3) is 0 Å². The first-order valence-electron chi connectivity index (χ1n) is 4.35. The summed E-state index contributed by atoms with van der Waals surface area (Å²) in [6, 6.07) is 6.11. The summed E-state index contributed by atoms with van der Waals surface area (Å²) in [5.74, 6) is 0. The summed E-state index contributed by atoms with van der Waals surface area (Å²) in [5, 5.41) is 0. The van der Waals surface area contributed by atoms with Crippen LogP contribution in [0.2, 0.25) is 0 Å². The monoisotopic (exact) mass is 353 g/mol. The topological polar surface area (TPSA) is 26.0 Å². The molecule has 0 saturated carbocycles. The lowest BCUT2D eigenvalue weighted by Crippen LogP contribution is -2.10. The molecule has 0 heterocycles. The maximum atomic E-state index is 6.03. The van der Waals surface area contributed by atoms with Crippen molar-refractivity contribution in [1.82, 2.24) is 0 Å². The molecule has 84 valence electrons. The summed E-state index contributed by atoms with van der Waals surface area (Å²) in [7, 11) is 0. The van der Waals surface area contributed by atoms with Crippen LogP contribution in [0.1, 0.15) is 24.9 Å². The molecule has 0 aliphatic carbocycles. The third-order valence-electron chi connectivity index (χ3n) is 1.88. The second-order valence-electron chi connectivity index (χ2n) is 3.47. The second kappa shape index (κ2) is 6.69. The van der Waals surface area contributed by atoms with Gasteiger partial charge in [0, 0.05) is 15.0 Å². The van der Waals surface area contributed by atoms with Gasteiger partial charge in [0.2, 0.25) is 0 Å².